The number of carbonyl (C=O) groups excluding carboxylic acids is 1. The van der Waals surface area contributed by atoms with E-state index in [2.05, 4.69) is 16.9 Å². The molecule has 0 bridgehead atoms. The van der Waals surface area contributed by atoms with Crippen molar-refractivity contribution in [2.45, 2.75) is 51.2 Å². The van der Waals surface area contributed by atoms with Gasteiger partial charge in [0.05, 0.1) is 36.2 Å². The Morgan fingerprint density at radius 2 is 1.76 bits per heavy atom. The van der Waals surface area contributed by atoms with Crippen LogP contribution in [0.1, 0.15) is 59.8 Å². The number of hydrogen-bond donors (Lipinski definition) is 1. The highest BCUT2D eigenvalue weighted by Crippen LogP contribution is 2.39. The second kappa shape index (κ2) is 15.2. The quantitative estimate of drug-likeness (QED) is 0.218. The number of methoxy groups -OCH3 is 2. The van der Waals surface area contributed by atoms with E-state index < -0.39 is 29.6 Å². The summed E-state index contributed by atoms with van der Waals surface area (Å²) in [5.41, 5.74) is -0.482. The Bertz CT molecular complexity index is 1500. The highest BCUT2D eigenvalue weighted by atomic mass is 32.1. The molecule has 1 N–H and O–H groups in total. The maximum absolute atomic E-state index is 14.2. The Balaban J connectivity index is 1.69. The maximum Gasteiger partial charge on any atom is 0.421 e. The lowest BCUT2D eigenvalue weighted by atomic mass is 9.82. The zero-order chi connectivity index (χ0) is 33.6. The smallest absolute Gasteiger partial charge is 0.421 e. The number of carbonyl (C=O) groups is 2. The number of halogens is 3. The predicted octanol–water partition coefficient (Wildman–Crippen LogP) is 6.52. The highest BCUT2D eigenvalue weighted by molar-refractivity contribution is 7.13. The summed E-state index contributed by atoms with van der Waals surface area (Å²) < 4.78 is 58.8. The van der Waals surface area contributed by atoms with E-state index in [9.17, 15) is 27.9 Å². The van der Waals surface area contributed by atoms with Crippen molar-refractivity contribution in [1.82, 2.24) is 9.97 Å². The predicted molar refractivity (Wildman–Crippen MR) is 168 cm³/mol. The molecule has 0 atom stereocenters. The second-order valence-corrected chi connectivity index (χ2v) is 12.5. The zero-order valence-corrected chi connectivity index (χ0v) is 27.3. The molecule has 46 heavy (non-hydrogen) atoms. The van der Waals surface area contributed by atoms with Crippen molar-refractivity contribution in [3.63, 3.8) is 0 Å². The van der Waals surface area contributed by atoms with E-state index in [1.54, 1.807) is 5.38 Å². The Hall–Kier alpha value is -3.75. The molecule has 1 amide bonds. The molecule has 2 aromatic heterocycles. The number of pyridine rings is 1. The summed E-state index contributed by atoms with van der Waals surface area (Å²) in [6, 6.07) is 4.10. The summed E-state index contributed by atoms with van der Waals surface area (Å²) in [4.78, 5) is 38.1. The van der Waals surface area contributed by atoms with E-state index in [-0.39, 0.29) is 54.0 Å². The average molecular weight is 665 g/mol. The molecule has 1 aromatic carbocycles. The van der Waals surface area contributed by atoms with E-state index in [1.165, 1.54) is 48.8 Å². The van der Waals surface area contributed by atoms with Crippen molar-refractivity contribution in [3.8, 4) is 11.6 Å². The van der Waals surface area contributed by atoms with Crippen LogP contribution in [0.25, 0.3) is 0 Å². The second-order valence-electron chi connectivity index (χ2n) is 11.7. The van der Waals surface area contributed by atoms with Crippen LogP contribution in [0, 0.1) is 11.8 Å². The number of rotatable bonds is 13. The van der Waals surface area contributed by atoms with Crippen molar-refractivity contribution < 1.29 is 42.1 Å². The van der Waals surface area contributed by atoms with E-state index in [1.807, 2.05) is 19.0 Å². The number of aromatic carboxylic acids is 1. The van der Waals surface area contributed by atoms with E-state index in [0.29, 0.717) is 24.5 Å². The number of carboxylic acid groups (broad SMARTS) is 1. The molecule has 250 valence electrons. The maximum atomic E-state index is 14.2. The number of alkyl halides is 3. The Morgan fingerprint density at radius 1 is 1.09 bits per heavy atom. The number of anilines is 2. The number of thiazole rings is 1. The van der Waals surface area contributed by atoms with Crippen LogP contribution < -0.4 is 14.5 Å². The molecule has 4 rings (SSSR count). The van der Waals surface area contributed by atoms with Crippen LogP contribution >= 0.6 is 11.3 Å². The number of amides is 1. The van der Waals surface area contributed by atoms with Crippen LogP contribution in [0.5, 0.6) is 11.6 Å². The van der Waals surface area contributed by atoms with Gasteiger partial charge >= 0.3 is 12.1 Å². The molecule has 14 heteroatoms. The Labute approximate surface area is 270 Å². The van der Waals surface area contributed by atoms with E-state index in [4.69, 9.17) is 14.2 Å². The van der Waals surface area contributed by atoms with Gasteiger partial charge in [-0.1, -0.05) is 6.92 Å². The molecule has 1 aliphatic rings. The molecule has 10 nitrogen and oxygen atoms in total. The molecule has 0 aliphatic heterocycles. The lowest BCUT2D eigenvalue weighted by molar-refractivity contribution is -0.139. The van der Waals surface area contributed by atoms with Gasteiger partial charge in [0.1, 0.15) is 11.3 Å². The lowest BCUT2D eigenvalue weighted by Crippen LogP contribution is -2.49. The van der Waals surface area contributed by atoms with Crippen molar-refractivity contribution in [3.05, 3.63) is 58.2 Å². The number of ether oxygens (including phenoxy) is 3. The molecular formula is C32H39F3N4O6S. The van der Waals surface area contributed by atoms with Gasteiger partial charge in [-0.2, -0.15) is 13.2 Å². The Kier molecular flexibility index (Phi) is 11.6. The normalized spacial score (nSPS) is 16.8. The first kappa shape index (κ1) is 35.1. The molecule has 1 aliphatic carbocycles. The largest absolute Gasteiger partial charge is 0.478 e. The van der Waals surface area contributed by atoms with Gasteiger partial charge < -0.3 is 29.1 Å². The van der Waals surface area contributed by atoms with Crippen molar-refractivity contribution >= 4 is 34.0 Å². The van der Waals surface area contributed by atoms with Crippen LogP contribution in [-0.2, 0) is 26.9 Å². The highest BCUT2D eigenvalue weighted by Gasteiger charge is 2.37. The SMILES string of the molecule is COCC(COC)N(c1ccc(Oc2ncc(Cc3csc(N(C)C)n3)cc2C(F)(F)F)cc1C(=O)O)C(=O)[C@H]1CC[C@H](C)CC1. The molecule has 0 saturated heterocycles. The molecule has 0 unspecified atom stereocenters. The summed E-state index contributed by atoms with van der Waals surface area (Å²) in [5.74, 6) is -2.38. The summed E-state index contributed by atoms with van der Waals surface area (Å²) >= 11 is 1.38. The number of nitrogens with zero attached hydrogens (tertiary/aromatic N) is 4. The summed E-state index contributed by atoms with van der Waals surface area (Å²) in [6.45, 7) is 2.28. The fourth-order valence-corrected chi connectivity index (χ4v) is 6.28. The topological polar surface area (TPSA) is 114 Å². The first-order chi connectivity index (χ1) is 21.8. The van der Waals surface area contributed by atoms with Gasteiger partial charge in [-0.25, -0.2) is 14.8 Å². The first-order valence-electron chi connectivity index (χ1n) is 14.9. The molecular weight excluding hydrogens is 625 g/mol. The van der Waals surface area contributed by atoms with Crippen molar-refractivity contribution in [2.24, 2.45) is 11.8 Å². The van der Waals surface area contributed by atoms with Gasteiger partial charge in [0.15, 0.2) is 5.13 Å². The van der Waals surface area contributed by atoms with Gasteiger partial charge in [0, 0.05) is 52.2 Å². The summed E-state index contributed by atoms with van der Waals surface area (Å²) in [5, 5.41) is 12.7. The minimum Gasteiger partial charge on any atom is -0.478 e. The monoisotopic (exact) mass is 664 g/mol. The zero-order valence-electron chi connectivity index (χ0n) is 26.5. The standard InChI is InChI=1S/C32H39F3N4O6S/c1-19-6-8-21(9-7-19)29(40)39(23(16-43-4)17-44-5)27-11-10-24(14-25(27)30(41)42)45-28-26(32(33,34)35)13-20(15-36-28)12-22-18-46-31(37-22)38(2)3/h10-11,13-15,18-19,21,23H,6-9,12,16-17H2,1-5H3,(H,41,42)/t19-,21-. The molecule has 1 fully saturated rings. The van der Waals surface area contributed by atoms with Gasteiger partial charge in [-0.3, -0.25) is 4.79 Å². The molecule has 2 heterocycles. The number of carboxylic acids is 1. The van der Waals surface area contributed by atoms with Crippen molar-refractivity contribution in [2.75, 3.05) is 51.3 Å². The van der Waals surface area contributed by atoms with Gasteiger partial charge in [-0.05, 0) is 61.4 Å². The molecule has 0 spiro atoms. The average Bonchev–Trinajstić information content (AvgIpc) is 3.47. The third-order valence-corrected chi connectivity index (χ3v) is 8.94. The first-order valence-corrected chi connectivity index (χ1v) is 15.7. The number of aromatic nitrogens is 2. The number of benzene rings is 1. The summed E-state index contributed by atoms with van der Waals surface area (Å²) in [6.07, 6.45) is -0.336. The summed E-state index contributed by atoms with van der Waals surface area (Å²) in [7, 11) is 6.59. The van der Waals surface area contributed by atoms with E-state index in [0.717, 1.165) is 30.1 Å². The molecule has 0 radical (unpaired) electrons. The lowest BCUT2D eigenvalue weighted by Gasteiger charge is -2.36. The van der Waals surface area contributed by atoms with Gasteiger partial charge in [0.25, 0.3) is 0 Å². The van der Waals surface area contributed by atoms with Crippen LogP contribution in [0.4, 0.5) is 24.0 Å². The Morgan fingerprint density at radius 3 is 2.33 bits per heavy atom. The third-order valence-electron chi connectivity index (χ3n) is 7.88. The van der Waals surface area contributed by atoms with Crippen LogP contribution in [0.2, 0.25) is 0 Å². The van der Waals surface area contributed by atoms with Crippen LogP contribution in [0.3, 0.4) is 0 Å². The van der Waals surface area contributed by atoms with Gasteiger partial charge in [0.2, 0.25) is 11.8 Å². The van der Waals surface area contributed by atoms with Crippen LogP contribution in [-0.4, -0.2) is 74.5 Å². The molecule has 1 saturated carbocycles. The third kappa shape index (κ3) is 8.53. The van der Waals surface area contributed by atoms with Gasteiger partial charge in [-0.15, -0.1) is 11.3 Å². The molecule has 3 aromatic rings. The minimum absolute atomic E-state index is 0.0716. The fraction of sp³-hybridized carbons (Fsp3) is 0.500. The minimum atomic E-state index is -4.81. The van der Waals surface area contributed by atoms with Crippen LogP contribution in [0.15, 0.2) is 35.8 Å². The van der Waals surface area contributed by atoms with Crippen molar-refractivity contribution in [1.29, 1.82) is 0 Å². The van der Waals surface area contributed by atoms with E-state index >= 15 is 0 Å². The fourth-order valence-electron chi connectivity index (χ4n) is 5.52. The number of hydrogen-bond acceptors (Lipinski definition) is 9.